The van der Waals surface area contributed by atoms with E-state index in [1.54, 1.807) is 0 Å². The van der Waals surface area contributed by atoms with Gasteiger partial charge in [-0.1, -0.05) is 176 Å². The zero-order chi connectivity index (χ0) is 46.1. The van der Waals surface area contributed by atoms with E-state index in [1.807, 2.05) is 6.07 Å². The molecule has 0 aliphatic rings. The summed E-state index contributed by atoms with van der Waals surface area (Å²) in [6.45, 7) is 0. The van der Waals surface area contributed by atoms with Gasteiger partial charge in [-0.25, -0.2) is 15.0 Å². The van der Waals surface area contributed by atoms with Gasteiger partial charge >= 0.3 is 0 Å². The summed E-state index contributed by atoms with van der Waals surface area (Å²) in [5, 5.41) is 8.31. The van der Waals surface area contributed by atoms with Crippen molar-refractivity contribution in [1.82, 2.24) is 24.1 Å². The van der Waals surface area contributed by atoms with Crippen LogP contribution >= 0.6 is 0 Å². The number of nitrogens with zero attached hydrogens (tertiary/aromatic N) is 5. The van der Waals surface area contributed by atoms with Gasteiger partial charge in [0.05, 0.1) is 44.7 Å². The van der Waals surface area contributed by atoms with Crippen molar-refractivity contribution in [3.05, 3.63) is 249 Å². The lowest BCUT2D eigenvalue weighted by atomic mass is 9.94. The highest BCUT2D eigenvalue weighted by Crippen LogP contribution is 2.42. The Hall–Kier alpha value is -9.45. The van der Waals surface area contributed by atoms with Crippen LogP contribution in [-0.2, 0) is 0 Å². The van der Waals surface area contributed by atoms with Crippen molar-refractivity contribution in [2.75, 3.05) is 0 Å². The second-order valence-electron chi connectivity index (χ2n) is 18.0. The monoisotopic (exact) mass is 891 g/mol. The summed E-state index contributed by atoms with van der Waals surface area (Å²) in [4.78, 5) is 16.0. The van der Waals surface area contributed by atoms with Crippen molar-refractivity contribution >= 4 is 65.3 Å². The molecule has 0 saturated carbocycles. The highest BCUT2D eigenvalue weighted by atomic mass is 15.0. The SMILES string of the molecule is c1ccc(-c2cc(-c3ccc(-c4cccc5c4nc(-c4ccccc4)c4cc6c7ccccc7n(-c7ccccc7)c6cc45)cc3)nc(-c3ccc(-n4c5ccccc5c5ccccc54)cc3)n2)cc1. The molecular formula is C65H41N5. The Morgan fingerprint density at radius 2 is 0.729 bits per heavy atom. The Morgan fingerprint density at radius 1 is 0.257 bits per heavy atom. The molecule has 70 heavy (non-hydrogen) atoms. The van der Waals surface area contributed by atoms with E-state index in [4.69, 9.17) is 15.0 Å². The van der Waals surface area contributed by atoms with Gasteiger partial charge in [0, 0.05) is 71.5 Å². The lowest BCUT2D eigenvalue weighted by Gasteiger charge is -2.15. The third kappa shape index (κ3) is 6.44. The summed E-state index contributed by atoms with van der Waals surface area (Å²) in [6.07, 6.45) is 0. The summed E-state index contributed by atoms with van der Waals surface area (Å²) in [7, 11) is 0. The first-order valence-corrected chi connectivity index (χ1v) is 23.8. The molecule has 14 rings (SSSR count). The molecule has 0 radical (unpaired) electrons. The van der Waals surface area contributed by atoms with Crippen LogP contribution in [0.4, 0.5) is 0 Å². The van der Waals surface area contributed by atoms with Crippen molar-refractivity contribution in [2.24, 2.45) is 0 Å². The molecule has 0 amide bonds. The van der Waals surface area contributed by atoms with E-state index in [9.17, 15) is 0 Å². The van der Waals surface area contributed by atoms with Gasteiger partial charge in [-0.15, -0.1) is 0 Å². The fourth-order valence-electron chi connectivity index (χ4n) is 10.7. The minimum Gasteiger partial charge on any atom is -0.309 e. The molecule has 0 aliphatic carbocycles. The van der Waals surface area contributed by atoms with Gasteiger partial charge in [0.2, 0.25) is 0 Å². The zero-order valence-corrected chi connectivity index (χ0v) is 37.9. The molecule has 0 unspecified atom stereocenters. The third-order valence-corrected chi connectivity index (χ3v) is 13.9. The Kier molecular flexibility index (Phi) is 9.14. The average Bonchev–Trinajstić information content (AvgIpc) is 3.95. The molecule has 0 atom stereocenters. The van der Waals surface area contributed by atoms with Crippen LogP contribution in [0.2, 0.25) is 0 Å². The maximum absolute atomic E-state index is 5.60. The van der Waals surface area contributed by atoms with Gasteiger partial charge in [-0.3, -0.25) is 0 Å². The van der Waals surface area contributed by atoms with Crippen molar-refractivity contribution in [2.45, 2.75) is 0 Å². The molecule has 0 spiro atoms. The molecule has 0 bridgehead atoms. The standard InChI is InChI=1S/C65H41N5/c1-4-17-43(18-5-1)57-41-58(67-65(66-57)46-35-37-48(38-36-46)69-59-28-13-10-23-50(59)51-24-11-14-29-60(51)69)44-33-31-42(32-34-44)49-26-16-27-53-54-40-62-55(39-56(54)63(68-64(49)53)45-19-6-2-7-20-45)52-25-12-15-30-61(52)70(62)47-21-8-3-9-22-47/h1-41H. The smallest absolute Gasteiger partial charge is 0.160 e. The van der Waals surface area contributed by atoms with Gasteiger partial charge in [0.25, 0.3) is 0 Å². The largest absolute Gasteiger partial charge is 0.309 e. The molecule has 5 nitrogen and oxygen atoms in total. The molecule has 10 aromatic carbocycles. The molecule has 5 heteroatoms. The summed E-state index contributed by atoms with van der Waals surface area (Å²) in [5.74, 6) is 0.674. The minimum atomic E-state index is 0.674. The van der Waals surface area contributed by atoms with E-state index >= 15 is 0 Å². The Bertz CT molecular complexity index is 4250. The van der Waals surface area contributed by atoms with Crippen molar-refractivity contribution in [3.8, 4) is 67.7 Å². The highest BCUT2D eigenvalue weighted by Gasteiger charge is 2.20. The number of rotatable bonds is 7. The van der Waals surface area contributed by atoms with E-state index in [0.717, 1.165) is 78.1 Å². The second-order valence-corrected chi connectivity index (χ2v) is 18.0. The van der Waals surface area contributed by atoms with Gasteiger partial charge in [-0.05, 0) is 83.7 Å². The molecule has 14 aromatic rings. The number of hydrogen-bond acceptors (Lipinski definition) is 3. The summed E-state index contributed by atoms with van der Waals surface area (Å²) < 4.78 is 4.73. The maximum Gasteiger partial charge on any atom is 0.160 e. The Morgan fingerprint density at radius 3 is 1.36 bits per heavy atom. The van der Waals surface area contributed by atoms with Gasteiger partial charge < -0.3 is 9.13 Å². The van der Waals surface area contributed by atoms with Crippen molar-refractivity contribution in [1.29, 1.82) is 0 Å². The van der Waals surface area contributed by atoms with Gasteiger partial charge in [0.15, 0.2) is 5.82 Å². The number of aromatic nitrogens is 5. The zero-order valence-electron chi connectivity index (χ0n) is 37.9. The molecule has 0 aliphatic heterocycles. The summed E-state index contributed by atoms with van der Waals surface area (Å²) in [6, 6.07) is 88.4. The molecule has 326 valence electrons. The van der Waals surface area contributed by atoms with Gasteiger partial charge in [0.1, 0.15) is 0 Å². The predicted octanol–water partition coefficient (Wildman–Crippen LogP) is 16.7. The molecule has 0 N–H and O–H groups in total. The van der Waals surface area contributed by atoms with E-state index in [-0.39, 0.29) is 0 Å². The highest BCUT2D eigenvalue weighted by molar-refractivity contribution is 6.21. The van der Waals surface area contributed by atoms with Crippen LogP contribution in [0.15, 0.2) is 249 Å². The number of para-hydroxylation sites is 5. The summed E-state index contributed by atoms with van der Waals surface area (Å²) >= 11 is 0. The number of pyridine rings is 1. The van der Waals surface area contributed by atoms with Crippen LogP contribution in [0.25, 0.3) is 133 Å². The molecule has 4 aromatic heterocycles. The van der Waals surface area contributed by atoms with Crippen LogP contribution in [-0.4, -0.2) is 24.1 Å². The number of hydrogen-bond donors (Lipinski definition) is 0. The van der Waals surface area contributed by atoms with Crippen LogP contribution in [0, 0.1) is 0 Å². The molecular weight excluding hydrogens is 851 g/mol. The first-order chi connectivity index (χ1) is 34.7. The molecule has 0 fully saturated rings. The van der Waals surface area contributed by atoms with Crippen LogP contribution in [0.5, 0.6) is 0 Å². The average molecular weight is 892 g/mol. The Labute approximate surface area is 403 Å². The fourth-order valence-corrected chi connectivity index (χ4v) is 10.7. The second kappa shape index (κ2) is 16.1. The van der Waals surface area contributed by atoms with Crippen molar-refractivity contribution in [3.63, 3.8) is 0 Å². The minimum absolute atomic E-state index is 0.674. The topological polar surface area (TPSA) is 48.5 Å². The van der Waals surface area contributed by atoms with Crippen LogP contribution < -0.4 is 0 Å². The third-order valence-electron chi connectivity index (χ3n) is 13.9. The van der Waals surface area contributed by atoms with Crippen LogP contribution in [0.3, 0.4) is 0 Å². The quantitative estimate of drug-likeness (QED) is 0.150. The lowest BCUT2D eigenvalue weighted by Crippen LogP contribution is -1.97. The maximum atomic E-state index is 5.60. The Balaban J connectivity index is 0.897. The normalized spacial score (nSPS) is 11.7. The first-order valence-electron chi connectivity index (χ1n) is 23.8. The van der Waals surface area contributed by atoms with Gasteiger partial charge in [-0.2, -0.15) is 0 Å². The number of benzene rings is 10. The van der Waals surface area contributed by atoms with E-state index in [1.165, 1.54) is 49.0 Å². The molecule has 0 saturated heterocycles. The summed E-state index contributed by atoms with van der Waals surface area (Å²) in [5.41, 5.74) is 16.8. The van der Waals surface area contributed by atoms with Crippen molar-refractivity contribution < 1.29 is 0 Å². The number of fused-ring (bicyclic) bond motifs is 9. The van der Waals surface area contributed by atoms with Crippen LogP contribution in [0.1, 0.15) is 0 Å². The van der Waals surface area contributed by atoms with E-state index in [0.29, 0.717) is 5.82 Å². The first kappa shape index (κ1) is 39.7. The lowest BCUT2D eigenvalue weighted by molar-refractivity contribution is 1.16. The predicted molar refractivity (Wildman–Crippen MR) is 291 cm³/mol. The van der Waals surface area contributed by atoms with E-state index in [2.05, 4.69) is 252 Å². The molecule has 4 heterocycles. The van der Waals surface area contributed by atoms with E-state index < -0.39 is 0 Å². The fraction of sp³-hybridized carbons (Fsp3) is 0.